The second-order valence-corrected chi connectivity index (χ2v) is 8.49. The fourth-order valence-corrected chi connectivity index (χ4v) is 5.01. The minimum atomic E-state index is 0.674. The lowest BCUT2D eigenvalue weighted by Gasteiger charge is -2.29. The molecule has 0 saturated heterocycles. The summed E-state index contributed by atoms with van der Waals surface area (Å²) in [6.07, 6.45) is 0. The van der Waals surface area contributed by atoms with Gasteiger partial charge < -0.3 is 4.90 Å². The number of rotatable bonds is 3. The molecule has 0 saturated carbocycles. The number of nitrogens with zero attached hydrogens (tertiary/aromatic N) is 1. The van der Waals surface area contributed by atoms with E-state index < -0.39 is 0 Å². The summed E-state index contributed by atoms with van der Waals surface area (Å²) >= 11 is 13.4. The molecule has 0 unspecified atom stereocenters. The topological polar surface area (TPSA) is 3.24 Å². The minimum absolute atomic E-state index is 0.674. The summed E-state index contributed by atoms with van der Waals surface area (Å²) in [5, 5.41) is 8.78. The van der Waals surface area contributed by atoms with Gasteiger partial charge in [0.05, 0.1) is 27.1 Å². The number of halogens is 2. The zero-order valence-electron chi connectivity index (χ0n) is 16.5. The van der Waals surface area contributed by atoms with Crippen LogP contribution in [0.5, 0.6) is 0 Å². The molecule has 6 aromatic rings. The van der Waals surface area contributed by atoms with E-state index in [9.17, 15) is 0 Å². The molecule has 0 aromatic heterocycles. The molecule has 31 heavy (non-hydrogen) atoms. The van der Waals surface area contributed by atoms with Crippen LogP contribution in [0, 0.1) is 0 Å². The van der Waals surface area contributed by atoms with Crippen molar-refractivity contribution in [1.82, 2.24) is 0 Å². The van der Waals surface area contributed by atoms with Gasteiger partial charge in [-0.1, -0.05) is 96.0 Å². The summed E-state index contributed by atoms with van der Waals surface area (Å²) in [7, 11) is 0. The van der Waals surface area contributed by atoms with Crippen molar-refractivity contribution in [1.29, 1.82) is 0 Å². The van der Waals surface area contributed by atoms with Crippen LogP contribution < -0.4 is 4.90 Å². The van der Waals surface area contributed by atoms with Gasteiger partial charge in [-0.05, 0) is 57.3 Å². The largest absolute Gasteiger partial charge is 0.307 e. The van der Waals surface area contributed by atoms with Gasteiger partial charge in [-0.3, -0.25) is 0 Å². The minimum Gasteiger partial charge on any atom is -0.307 e. The van der Waals surface area contributed by atoms with Gasteiger partial charge >= 0.3 is 0 Å². The predicted octanol–water partition coefficient (Wildman–Crippen LogP) is 9.36. The lowest BCUT2D eigenvalue weighted by molar-refractivity contribution is 1.30. The van der Waals surface area contributed by atoms with Crippen LogP contribution >= 0.6 is 23.2 Å². The molecule has 3 heteroatoms. The summed E-state index contributed by atoms with van der Waals surface area (Å²) in [4.78, 5) is 2.16. The maximum absolute atomic E-state index is 6.69. The first-order valence-electron chi connectivity index (χ1n) is 10.2. The van der Waals surface area contributed by atoms with Crippen molar-refractivity contribution in [3.8, 4) is 0 Å². The molecule has 0 atom stereocenters. The van der Waals surface area contributed by atoms with Crippen molar-refractivity contribution in [2.75, 3.05) is 4.90 Å². The molecule has 6 aromatic carbocycles. The summed E-state index contributed by atoms with van der Waals surface area (Å²) in [6.45, 7) is 0. The van der Waals surface area contributed by atoms with Crippen LogP contribution in [0.1, 0.15) is 0 Å². The van der Waals surface area contributed by atoms with Crippen molar-refractivity contribution in [2.45, 2.75) is 0 Å². The third kappa shape index (κ3) is 2.85. The lowest BCUT2D eigenvalue weighted by atomic mass is 9.93. The number of hydrogen-bond acceptors (Lipinski definition) is 1. The van der Waals surface area contributed by atoms with Gasteiger partial charge in [-0.2, -0.15) is 0 Å². The van der Waals surface area contributed by atoms with Gasteiger partial charge in [0.15, 0.2) is 0 Å². The molecule has 0 heterocycles. The molecule has 0 aliphatic carbocycles. The molecule has 6 rings (SSSR count). The van der Waals surface area contributed by atoms with Crippen LogP contribution in [0.4, 0.5) is 17.1 Å². The highest BCUT2D eigenvalue weighted by molar-refractivity contribution is 6.36. The van der Waals surface area contributed by atoms with Crippen LogP contribution in [0.25, 0.3) is 32.3 Å². The van der Waals surface area contributed by atoms with Crippen molar-refractivity contribution in [3.63, 3.8) is 0 Å². The van der Waals surface area contributed by atoms with Crippen LogP contribution in [0.15, 0.2) is 103 Å². The van der Waals surface area contributed by atoms with Crippen LogP contribution in [-0.4, -0.2) is 0 Å². The Balaban J connectivity index is 1.75. The van der Waals surface area contributed by atoms with E-state index in [1.54, 1.807) is 0 Å². The zero-order valence-corrected chi connectivity index (χ0v) is 18.0. The molecule has 0 spiro atoms. The molecule has 0 radical (unpaired) electrons. The van der Waals surface area contributed by atoms with Gasteiger partial charge in [0.1, 0.15) is 0 Å². The fraction of sp³-hybridized carbons (Fsp3) is 0. The molecule has 0 amide bonds. The first-order valence-corrected chi connectivity index (χ1v) is 10.9. The summed E-state index contributed by atoms with van der Waals surface area (Å²) in [5.74, 6) is 0. The Morgan fingerprint density at radius 2 is 0.935 bits per heavy atom. The Labute approximate surface area is 190 Å². The molecule has 1 nitrogen and oxygen atoms in total. The highest BCUT2D eigenvalue weighted by Crippen LogP contribution is 2.46. The van der Waals surface area contributed by atoms with Crippen molar-refractivity contribution >= 4 is 72.6 Å². The highest BCUT2D eigenvalue weighted by Gasteiger charge is 2.21. The van der Waals surface area contributed by atoms with E-state index in [0.29, 0.717) is 10.0 Å². The summed E-state index contributed by atoms with van der Waals surface area (Å²) in [5.41, 5.74) is 2.84. The summed E-state index contributed by atoms with van der Waals surface area (Å²) < 4.78 is 0. The maximum Gasteiger partial charge on any atom is 0.0648 e. The Hall–Kier alpha value is -3.26. The zero-order chi connectivity index (χ0) is 20.9. The normalized spacial score (nSPS) is 11.5. The first-order chi connectivity index (χ1) is 15.2. The maximum atomic E-state index is 6.69. The van der Waals surface area contributed by atoms with E-state index in [2.05, 4.69) is 59.5 Å². The van der Waals surface area contributed by atoms with Crippen LogP contribution in [0.2, 0.25) is 10.0 Å². The molecule has 0 aliphatic rings. The Kier molecular flexibility index (Phi) is 4.27. The SMILES string of the molecule is Clc1ccccc1N(c1ccccc1Cl)c1ccc2ccc3cccc4ccc1c2c34. The average molecular weight is 438 g/mol. The smallest absolute Gasteiger partial charge is 0.0648 e. The van der Waals surface area contributed by atoms with E-state index in [-0.39, 0.29) is 0 Å². The lowest BCUT2D eigenvalue weighted by Crippen LogP contribution is -2.11. The highest BCUT2D eigenvalue weighted by atomic mass is 35.5. The van der Waals surface area contributed by atoms with Gasteiger partial charge in [0.25, 0.3) is 0 Å². The standard InChI is InChI=1S/C28H17Cl2N/c29-22-8-1-3-10-25(22)31(26-11-4-2-9-23(26)30)24-17-15-20-13-12-18-6-5-7-19-14-16-21(24)28(20)27(18)19/h1-17H. The van der Waals surface area contributed by atoms with E-state index in [4.69, 9.17) is 23.2 Å². The molecule has 0 fully saturated rings. The molecule has 0 aliphatic heterocycles. The second-order valence-electron chi connectivity index (χ2n) is 7.68. The number of anilines is 3. The average Bonchev–Trinajstić information content (AvgIpc) is 2.80. The third-order valence-corrected chi connectivity index (χ3v) is 6.57. The van der Waals surface area contributed by atoms with Crippen molar-refractivity contribution in [3.05, 3.63) is 113 Å². The number of hydrogen-bond donors (Lipinski definition) is 0. The van der Waals surface area contributed by atoms with E-state index >= 15 is 0 Å². The first kappa shape index (κ1) is 18.5. The number of benzene rings is 6. The van der Waals surface area contributed by atoms with Gasteiger partial charge in [-0.25, -0.2) is 0 Å². The van der Waals surface area contributed by atoms with E-state index in [0.717, 1.165) is 17.1 Å². The van der Waals surface area contributed by atoms with Crippen LogP contribution in [-0.2, 0) is 0 Å². The van der Waals surface area contributed by atoms with Gasteiger partial charge in [-0.15, -0.1) is 0 Å². The predicted molar refractivity (Wildman–Crippen MR) is 135 cm³/mol. The Morgan fingerprint density at radius 1 is 0.419 bits per heavy atom. The third-order valence-electron chi connectivity index (χ3n) is 5.93. The summed E-state index contributed by atoms with van der Waals surface area (Å²) in [6, 6.07) is 35.4. The van der Waals surface area contributed by atoms with Gasteiger partial charge in [0, 0.05) is 5.39 Å². The quantitative estimate of drug-likeness (QED) is 0.249. The van der Waals surface area contributed by atoms with Gasteiger partial charge in [0.2, 0.25) is 0 Å². The molecule has 0 N–H and O–H groups in total. The fourth-order valence-electron chi connectivity index (χ4n) is 4.57. The Bertz CT molecular complexity index is 1510. The van der Waals surface area contributed by atoms with E-state index in [1.807, 2.05) is 48.5 Å². The number of para-hydroxylation sites is 2. The molecular formula is C28H17Cl2N. The van der Waals surface area contributed by atoms with Crippen LogP contribution in [0.3, 0.4) is 0 Å². The monoisotopic (exact) mass is 437 g/mol. The van der Waals surface area contributed by atoms with Crippen molar-refractivity contribution < 1.29 is 0 Å². The van der Waals surface area contributed by atoms with E-state index in [1.165, 1.54) is 32.3 Å². The van der Waals surface area contributed by atoms with Crippen molar-refractivity contribution in [2.24, 2.45) is 0 Å². The molecular weight excluding hydrogens is 421 g/mol. The Morgan fingerprint density at radius 3 is 1.55 bits per heavy atom. The molecule has 148 valence electrons. The molecule has 0 bridgehead atoms. The second kappa shape index (κ2) is 7.16.